The molecule has 0 N–H and O–H groups in total. The lowest BCUT2D eigenvalue weighted by atomic mass is 10.0. The van der Waals surface area contributed by atoms with E-state index in [1.807, 2.05) is 19.9 Å². The summed E-state index contributed by atoms with van der Waals surface area (Å²) >= 11 is 0. The van der Waals surface area contributed by atoms with Crippen molar-refractivity contribution in [2.75, 3.05) is 6.61 Å². The average molecular weight is 276 g/mol. The Morgan fingerprint density at radius 3 is 2.55 bits per heavy atom. The zero-order valence-electron chi connectivity index (χ0n) is 11.2. The molecular formula is C16H14F2O2. The fourth-order valence-electron chi connectivity index (χ4n) is 1.74. The third-order valence-electron chi connectivity index (χ3n) is 3.10. The molecule has 0 aliphatic heterocycles. The van der Waals surface area contributed by atoms with Crippen molar-refractivity contribution < 1.29 is 18.3 Å². The number of hydrogen-bond acceptors (Lipinski definition) is 2. The standard InChI is InChI=1S/C16H14F2O2/c1-10-6-7-12(8-11(10)2)14(19)9-20-15-5-3-4-13(17)16(15)18/h3-8H,9H2,1-2H3. The topological polar surface area (TPSA) is 26.3 Å². The van der Waals surface area contributed by atoms with Crippen LogP contribution in [0.25, 0.3) is 0 Å². The van der Waals surface area contributed by atoms with Crippen LogP contribution in [-0.4, -0.2) is 12.4 Å². The molecule has 0 unspecified atom stereocenters. The first-order valence-corrected chi connectivity index (χ1v) is 6.16. The molecule has 0 bridgehead atoms. The van der Waals surface area contributed by atoms with Gasteiger partial charge in [-0.1, -0.05) is 18.2 Å². The van der Waals surface area contributed by atoms with Crippen molar-refractivity contribution >= 4 is 5.78 Å². The van der Waals surface area contributed by atoms with Crippen LogP contribution in [0.1, 0.15) is 21.5 Å². The van der Waals surface area contributed by atoms with Gasteiger partial charge in [-0.05, 0) is 43.2 Å². The van der Waals surface area contributed by atoms with Crippen molar-refractivity contribution in [2.45, 2.75) is 13.8 Å². The first kappa shape index (κ1) is 14.2. The summed E-state index contributed by atoms with van der Waals surface area (Å²) in [5, 5.41) is 0. The van der Waals surface area contributed by atoms with Crippen LogP contribution >= 0.6 is 0 Å². The molecule has 0 aliphatic rings. The Morgan fingerprint density at radius 1 is 1.10 bits per heavy atom. The summed E-state index contributed by atoms with van der Waals surface area (Å²) in [5.74, 6) is -2.62. The molecule has 0 radical (unpaired) electrons. The van der Waals surface area contributed by atoms with E-state index in [2.05, 4.69) is 0 Å². The Kier molecular flexibility index (Phi) is 4.13. The maximum absolute atomic E-state index is 13.4. The van der Waals surface area contributed by atoms with Gasteiger partial charge in [0.05, 0.1) is 0 Å². The van der Waals surface area contributed by atoms with Gasteiger partial charge in [0.25, 0.3) is 0 Å². The zero-order valence-corrected chi connectivity index (χ0v) is 11.2. The summed E-state index contributed by atoms with van der Waals surface area (Å²) in [4.78, 5) is 11.9. The second-order valence-electron chi connectivity index (χ2n) is 4.56. The van der Waals surface area contributed by atoms with Gasteiger partial charge in [-0.2, -0.15) is 4.39 Å². The maximum Gasteiger partial charge on any atom is 0.200 e. The minimum Gasteiger partial charge on any atom is -0.482 e. The summed E-state index contributed by atoms with van der Waals surface area (Å²) in [7, 11) is 0. The number of Topliss-reactive ketones (excluding diaryl/α,β-unsaturated/α-hetero) is 1. The summed E-state index contributed by atoms with van der Waals surface area (Å²) in [6.07, 6.45) is 0. The van der Waals surface area contributed by atoms with E-state index in [1.54, 1.807) is 12.1 Å². The largest absolute Gasteiger partial charge is 0.482 e. The van der Waals surface area contributed by atoms with E-state index in [0.29, 0.717) is 5.56 Å². The molecule has 20 heavy (non-hydrogen) atoms. The molecule has 0 saturated heterocycles. The van der Waals surface area contributed by atoms with Crippen molar-refractivity contribution in [1.29, 1.82) is 0 Å². The number of benzene rings is 2. The summed E-state index contributed by atoms with van der Waals surface area (Å²) in [6.45, 7) is 3.52. The molecule has 2 nitrogen and oxygen atoms in total. The van der Waals surface area contributed by atoms with Crippen molar-refractivity contribution in [3.63, 3.8) is 0 Å². The average Bonchev–Trinajstić information content (AvgIpc) is 2.43. The number of carbonyl (C=O) groups is 1. The Labute approximate surface area is 116 Å². The molecule has 2 rings (SSSR count). The Balaban J connectivity index is 2.08. The molecule has 0 aromatic heterocycles. The van der Waals surface area contributed by atoms with Crippen LogP contribution in [-0.2, 0) is 0 Å². The third kappa shape index (κ3) is 3.02. The SMILES string of the molecule is Cc1ccc(C(=O)COc2cccc(F)c2F)cc1C. The summed E-state index contributed by atoms with van der Waals surface area (Å²) in [6, 6.07) is 8.89. The second-order valence-corrected chi connectivity index (χ2v) is 4.56. The molecule has 0 heterocycles. The lowest BCUT2D eigenvalue weighted by molar-refractivity contribution is 0.0918. The number of ether oxygens (including phenoxy) is 1. The number of ketones is 1. The highest BCUT2D eigenvalue weighted by Gasteiger charge is 2.12. The maximum atomic E-state index is 13.4. The molecule has 0 amide bonds. The van der Waals surface area contributed by atoms with E-state index in [0.717, 1.165) is 17.2 Å². The number of halogens is 2. The van der Waals surface area contributed by atoms with Gasteiger partial charge in [-0.3, -0.25) is 4.79 Å². The molecule has 0 atom stereocenters. The molecule has 2 aromatic carbocycles. The predicted molar refractivity (Wildman–Crippen MR) is 72.1 cm³/mol. The van der Waals surface area contributed by atoms with Gasteiger partial charge in [0.1, 0.15) is 0 Å². The van der Waals surface area contributed by atoms with Crippen molar-refractivity contribution in [3.05, 3.63) is 64.7 Å². The smallest absolute Gasteiger partial charge is 0.200 e. The van der Waals surface area contributed by atoms with Crippen LogP contribution in [0.5, 0.6) is 5.75 Å². The zero-order chi connectivity index (χ0) is 14.7. The monoisotopic (exact) mass is 276 g/mol. The van der Waals surface area contributed by atoms with E-state index in [1.165, 1.54) is 12.1 Å². The molecule has 104 valence electrons. The molecule has 4 heteroatoms. The van der Waals surface area contributed by atoms with Gasteiger partial charge in [-0.15, -0.1) is 0 Å². The van der Waals surface area contributed by atoms with E-state index >= 15 is 0 Å². The van der Waals surface area contributed by atoms with Crippen LogP contribution in [0.4, 0.5) is 8.78 Å². The van der Waals surface area contributed by atoms with E-state index in [4.69, 9.17) is 4.74 Å². The second kappa shape index (κ2) is 5.82. The van der Waals surface area contributed by atoms with Crippen molar-refractivity contribution in [1.82, 2.24) is 0 Å². The minimum atomic E-state index is -1.08. The third-order valence-corrected chi connectivity index (χ3v) is 3.10. The highest BCUT2D eigenvalue weighted by atomic mass is 19.2. The van der Waals surface area contributed by atoms with Crippen LogP contribution < -0.4 is 4.74 Å². The van der Waals surface area contributed by atoms with Gasteiger partial charge >= 0.3 is 0 Å². The highest BCUT2D eigenvalue weighted by Crippen LogP contribution is 2.19. The van der Waals surface area contributed by atoms with Crippen LogP contribution in [0.2, 0.25) is 0 Å². The van der Waals surface area contributed by atoms with Crippen LogP contribution in [0, 0.1) is 25.5 Å². The molecule has 0 spiro atoms. The Hall–Kier alpha value is -2.23. The fourth-order valence-corrected chi connectivity index (χ4v) is 1.74. The minimum absolute atomic E-state index is 0.262. The number of carbonyl (C=O) groups excluding carboxylic acids is 1. The lowest BCUT2D eigenvalue weighted by Crippen LogP contribution is -2.12. The lowest BCUT2D eigenvalue weighted by Gasteiger charge is -2.08. The normalized spacial score (nSPS) is 10.4. The summed E-state index contributed by atoms with van der Waals surface area (Å²) < 4.78 is 31.4. The quantitative estimate of drug-likeness (QED) is 0.793. The van der Waals surface area contributed by atoms with E-state index in [9.17, 15) is 13.6 Å². The molecule has 0 fully saturated rings. The molecule has 2 aromatic rings. The number of rotatable bonds is 4. The predicted octanol–water partition coefficient (Wildman–Crippen LogP) is 3.84. The van der Waals surface area contributed by atoms with Gasteiger partial charge in [0, 0.05) is 5.56 Å². The molecule has 0 aliphatic carbocycles. The van der Waals surface area contributed by atoms with Crippen molar-refractivity contribution in [2.24, 2.45) is 0 Å². The van der Waals surface area contributed by atoms with Crippen molar-refractivity contribution in [3.8, 4) is 5.75 Å². The van der Waals surface area contributed by atoms with E-state index < -0.39 is 11.6 Å². The number of hydrogen-bond donors (Lipinski definition) is 0. The Bertz CT molecular complexity index is 651. The summed E-state index contributed by atoms with van der Waals surface area (Å²) in [5.41, 5.74) is 2.57. The van der Waals surface area contributed by atoms with Gasteiger partial charge in [0.15, 0.2) is 24.0 Å². The van der Waals surface area contributed by atoms with E-state index in [-0.39, 0.29) is 18.1 Å². The van der Waals surface area contributed by atoms with Gasteiger partial charge in [0.2, 0.25) is 5.82 Å². The molecule has 0 saturated carbocycles. The highest BCUT2D eigenvalue weighted by molar-refractivity contribution is 5.97. The first-order valence-electron chi connectivity index (χ1n) is 6.16. The van der Waals surface area contributed by atoms with Gasteiger partial charge in [-0.25, -0.2) is 4.39 Å². The number of aryl methyl sites for hydroxylation is 2. The van der Waals surface area contributed by atoms with Crippen LogP contribution in [0.15, 0.2) is 36.4 Å². The molecular weight excluding hydrogens is 262 g/mol. The van der Waals surface area contributed by atoms with Gasteiger partial charge < -0.3 is 4.74 Å². The van der Waals surface area contributed by atoms with Crippen LogP contribution in [0.3, 0.4) is 0 Å². The first-order chi connectivity index (χ1) is 9.49. The fraction of sp³-hybridized carbons (Fsp3) is 0.188. The Morgan fingerprint density at radius 2 is 1.85 bits per heavy atom.